The quantitative estimate of drug-likeness (QED) is 0.627. The number of amides is 2. The number of carbonyl (C=O) groups is 1. The molecule has 1 spiro atoms. The average molecular weight is 471 g/mol. The minimum atomic E-state index is 0.0783. The highest BCUT2D eigenvalue weighted by Crippen LogP contribution is 2.48. The lowest BCUT2D eigenvalue weighted by Crippen LogP contribution is -2.68. The van der Waals surface area contributed by atoms with Gasteiger partial charge in [-0.05, 0) is 49.8 Å². The van der Waals surface area contributed by atoms with Gasteiger partial charge in [0.1, 0.15) is 5.82 Å². The normalized spacial score (nSPS) is 24.3. The van der Waals surface area contributed by atoms with Crippen molar-refractivity contribution in [1.82, 2.24) is 25.1 Å². The van der Waals surface area contributed by atoms with Crippen LogP contribution >= 0.6 is 0 Å². The number of nitrogens with zero attached hydrogens (tertiary/aromatic N) is 5. The van der Waals surface area contributed by atoms with Crippen molar-refractivity contribution < 1.29 is 4.79 Å². The van der Waals surface area contributed by atoms with E-state index in [0.29, 0.717) is 11.5 Å². The van der Waals surface area contributed by atoms with Gasteiger partial charge in [0.15, 0.2) is 0 Å². The van der Waals surface area contributed by atoms with E-state index < -0.39 is 0 Å². The Balaban J connectivity index is 1.01. The van der Waals surface area contributed by atoms with Crippen LogP contribution in [0.2, 0.25) is 0 Å². The molecule has 3 aliphatic rings. The lowest BCUT2D eigenvalue weighted by atomic mass is 9.60. The van der Waals surface area contributed by atoms with Crippen molar-refractivity contribution in [2.75, 3.05) is 31.1 Å². The molecule has 1 aromatic heterocycles. The number of carbonyl (C=O) groups excluding carboxylic acids is 1. The lowest BCUT2D eigenvalue weighted by molar-refractivity contribution is -0.0812. The highest BCUT2D eigenvalue weighted by molar-refractivity contribution is 5.77. The fourth-order valence-corrected chi connectivity index (χ4v) is 6.46. The molecule has 2 amide bonds. The van der Waals surface area contributed by atoms with Crippen molar-refractivity contribution in [1.29, 1.82) is 0 Å². The summed E-state index contributed by atoms with van der Waals surface area (Å²) in [6.45, 7) is 9.10. The number of urea groups is 1. The summed E-state index contributed by atoms with van der Waals surface area (Å²) in [5, 5.41) is 3.34. The number of piperazine rings is 1. The number of fused-ring (bicyclic) bond motifs is 1. The maximum absolute atomic E-state index is 13.2. The molecule has 2 aromatic carbocycles. The number of likely N-dealkylation sites (tertiary alicyclic amines) is 1. The number of aromatic nitrogens is 2. The predicted molar refractivity (Wildman–Crippen MR) is 138 cm³/mol. The van der Waals surface area contributed by atoms with E-state index in [4.69, 9.17) is 4.98 Å². The summed E-state index contributed by atoms with van der Waals surface area (Å²) in [4.78, 5) is 29.4. The summed E-state index contributed by atoms with van der Waals surface area (Å²) in [6.07, 6.45) is 4.05. The third-order valence-electron chi connectivity index (χ3n) is 7.97. The number of benzene rings is 2. The first kappa shape index (κ1) is 22.3. The van der Waals surface area contributed by atoms with E-state index in [1.54, 1.807) is 0 Å². The summed E-state index contributed by atoms with van der Waals surface area (Å²) in [6, 6.07) is 19.2. The van der Waals surface area contributed by atoms with Gasteiger partial charge in [0, 0.05) is 50.8 Å². The molecule has 1 aliphatic carbocycles. The molecule has 3 aromatic rings. The Morgan fingerprint density at radius 1 is 0.971 bits per heavy atom. The number of anilines is 1. The van der Waals surface area contributed by atoms with Crippen LogP contribution < -0.4 is 10.2 Å². The van der Waals surface area contributed by atoms with Crippen molar-refractivity contribution in [2.45, 2.75) is 51.4 Å². The fourth-order valence-electron chi connectivity index (χ4n) is 6.46. The first-order valence-corrected chi connectivity index (χ1v) is 12.8. The Bertz CT molecular complexity index is 1190. The number of rotatable bonds is 4. The van der Waals surface area contributed by atoms with Crippen LogP contribution in [0.3, 0.4) is 0 Å². The molecular formula is C28H34N6O. The molecule has 35 heavy (non-hydrogen) atoms. The SMILES string of the molecule is C[C@@H]1CN(c2cnc3ccccc3n2)C[C@@H](C)N1C(=O)NC1CC2(C1)CN(Cc1ccccc1)C2. The molecule has 1 saturated carbocycles. The second-order valence-corrected chi connectivity index (χ2v) is 10.9. The maximum Gasteiger partial charge on any atom is 0.318 e. The second-order valence-electron chi connectivity index (χ2n) is 10.9. The molecule has 1 N–H and O–H groups in total. The van der Waals surface area contributed by atoms with Gasteiger partial charge >= 0.3 is 6.03 Å². The van der Waals surface area contributed by atoms with E-state index in [-0.39, 0.29) is 18.1 Å². The molecule has 0 bridgehead atoms. The van der Waals surface area contributed by atoms with Gasteiger partial charge < -0.3 is 15.1 Å². The van der Waals surface area contributed by atoms with Gasteiger partial charge in [-0.3, -0.25) is 9.88 Å². The second kappa shape index (κ2) is 8.79. The molecule has 7 heteroatoms. The number of hydrogen-bond donors (Lipinski definition) is 1. The maximum atomic E-state index is 13.2. The van der Waals surface area contributed by atoms with E-state index in [0.717, 1.165) is 62.4 Å². The van der Waals surface area contributed by atoms with Crippen LogP contribution in [0.1, 0.15) is 32.3 Å². The van der Waals surface area contributed by atoms with Gasteiger partial charge in [-0.1, -0.05) is 42.5 Å². The summed E-state index contributed by atoms with van der Waals surface area (Å²) < 4.78 is 0. The molecule has 6 rings (SSSR count). The Kier molecular flexibility index (Phi) is 5.60. The molecule has 3 heterocycles. The molecule has 182 valence electrons. The molecule has 0 unspecified atom stereocenters. The van der Waals surface area contributed by atoms with Crippen molar-refractivity contribution >= 4 is 22.9 Å². The molecule has 2 aliphatic heterocycles. The standard InChI is InChI=1S/C28H34N6O/c1-20-15-33(26-14-29-24-10-6-7-11-25(24)31-26)16-21(2)34(20)27(35)30-23-12-28(13-23)18-32(19-28)17-22-8-4-3-5-9-22/h3-11,14,20-21,23H,12-13,15-19H2,1-2H3,(H,30,35)/t20-,21-/m1/s1. The summed E-state index contributed by atoms with van der Waals surface area (Å²) in [5.41, 5.74) is 3.60. The van der Waals surface area contributed by atoms with Crippen molar-refractivity contribution in [3.05, 3.63) is 66.4 Å². The van der Waals surface area contributed by atoms with E-state index in [1.165, 1.54) is 5.56 Å². The number of para-hydroxylation sites is 2. The molecule has 2 atom stereocenters. The van der Waals surface area contributed by atoms with Crippen LogP contribution in [-0.4, -0.2) is 70.1 Å². The van der Waals surface area contributed by atoms with Gasteiger partial charge in [0.2, 0.25) is 0 Å². The predicted octanol–water partition coefficient (Wildman–Crippen LogP) is 3.90. The zero-order chi connectivity index (χ0) is 24.0. The highest BCUT2D eigenvalue weighted by atomic mass is 16.2. The average Bonchev–Trinajstić information content (AvgIpc) is 2.81. The largest absolute Gasteiger partial charge is 0.351 e. The zero-order valence-electron chi connectivity index (χ0n) is 20.6. The van der Waals surface area contributed by atoms with E-state index >= 15 is 0 Å². The zero-order valence-corrected chi connectivity index (χ0v) is 20.6. The van der Waals surface area contributed by atoms with Crippen LogP contribution in [0.15, 0.2) is 60.8 Å². The van der Waals surface area contributed by atoms with Crippen molar-refractivity contribution in [3.63, 3.8) is 0 Å². The summed E-state index contributed by atoms with van der Waals surface area (Å²) in [7, 11) is 0. The lowest BCUT2D eigenvalue weighted by Gasteiger charge is -2.59. The summed E-state index contributed by atoms with van der Waals surface area (Å²) in [5.74, 6) is 0.883. The first-order valence-electron chi connectivity index (χ1n) is 12.8. The Hall–Kier alpha value is -3.19. The van der Waals surface area contributed by atoms with Gasteiger partial charge in [0.05, 0.1) is 17.2 Å². The number of nitrogens with one attached hydrogen (secondary N) is 1. The molecule has 3 fully saturated rings. The van der Waals surface area contributed by atoms with Crippen LogP contribution in [-0.2, 0) is 6.54 Å². The van der Waals surface area contributed by atoms with E-state index in [1.807, 2.05) is 35.4 Å². The Morgan fingerprint density at radius 2 is 1.63 bits per heavy atom. The Morgan fingerprint density at radius 3 is 2.34 bits per heavy atom. The molecular weight excluding hydrogens is 436 g/mol. The van der Waals surface area contributed by atoms with Crippen LogP contribution in [0.25, 0.3) is 11.0 Å². The number of hydrogen-bond acceptors (Lipinski definition) is 5. The smallest absolute Gasteiger partial charge is 0.318 e. The van der Waals surface area contributed by atoms with Crippen molar-refractivity contribution in [2.24, 2.45) is 5.41 Å². The van der Waals surface area contributed by atoms with Crippen LogP contribution in [0.4, 0.5) is 10.6 Å². The Labute approximate surface area is 207 Å². The van der Waals surface area contributed by atoms with Gasteiger partial charge in [-0.25, -0.2) is 9.78 Å². The topological polar surface area (TPSA) is 64.6 Å². The fraction of sp³-hybridized carbons (Fsp3) is 0.464. The first-order chi connectivity index (χ1) is 17.0. The molecule has 0 radical (unpaired) electrons. The van der Waals surface area contributed by atoms with Gasteiger partial charge in [0.25, 0.3) is 0 Å². The van der Waals surface area contributed by atoms with Gasteiger partial charge in [-0.2, -0.15) is 0 Å². The highest BCUT2D eigenvalue weighted by Gasteiger charge is 2.52. The third-order valence-corrected chi connectivity index (χ3v) is 7.97. The van der Waals surface area contributed by atoms with Crippen molar-refractivity contribution in [3.8, 4) is 0 Å². The van der Waals surface area contributed by atoms with E-state index in [9.17, 15) is 4.79 Å². The molecule has 2 saturated heterocycles. The third kappa shape index (κ3) is 4.33. The minimum Gasteiger partial charge on any atom is -0.351 e. The minimum absolute atomic E-state index is 0.0783. The monoisotopic (exact) mass is 470 g/mol. The van der Waals surface area contributed by atoms with Crippen LogP contribution in [0, 0.1) is 5.41 Å². The van der Waals surface area contributed by atoms with Crippen LogP contribution in [0.5, 0.6) is 0 Å². The molecule has 7 nitrogen and oxygen atoms in total. The van der Waals surface area contributed by atoms with E-state index in [2.05, 4.69) is 64.3 Å². The summed E-state index contributed by atoms with van der Waals surface area (Å²) >= 11 is 0. The van der Waals surface area contributed by atoms with Gasteiger partial charge in [-0.15, -0.1) is 0 Å².